The largest absolute Gasteiger partial charge is 0.429 e. The average Bonchev–Trinajstić information content (AvgIpc) is 3.10. The van der Waals surface area contributed by atoms with E-state index in [4.69, 9.17) is 16.3 Å². The van der Waals surface area contributed by atoms with Crippen molar-refractivity contribution in [2.24, 2.45) is 0 Å². The Kier molecular flexibility index (Phi) is 4.02. The van der Waals surface area contributed by atoms with Gasteiger partial charge in [-0.2, -0.15) is 0 Å². The first kappa shape index (κ1) is 13.3. The summed E-state index contributed by atoms with van der Waals surface area (Å²) in [5, 5.41) is 13.7. The monoisotopic (exact) mass is 359 g/mol. The predicted molar refractivity (Wildman–Crippen MR) is 79.0 cm³/mol. The highest BCUT2D eigenvalue weighted by Crippen LogP contribution is 2.33. The first-order valence-electron chi connectivity index (χ1n) is 5.89. The lowest BCUT2D eigenvalue weighted by Gasteiger charge is -2.03. The van der Waals surface area contributed by atoms with Gasteiger partial charge in [0.15, 0.2) is 0 Å². The van der Waals surface area contributed by atoms with E-state index >= 15 is 0 Å². The minimum Gasteiger partial charge on any atom is -0.429 e. The molecule has 1 aromatic heterocycles. The molecule has 19 heavy (non-hydrogen) atoms. The summed E-state index contributed by atoms with van der Waals surface area (Å²) in [7, 11) is 0. The van der Waals surface area contributed by atoms with Gasteiger partial charge in [0, 0.05) is 11.1 Å². The first-order valence-corrected chi connectivity index (χ1v) is 7.88. The number of rotatable bonds is 5. The highest BCUT2D eigenvalue weighted by Gasteiger charge is 2.20. The van der Waals surface area contributed by atoms with E-state index in [9.17, 15) is 0 Å². The van der Waals surface area contributed by atoms with Crippen LogP contribution in [0.4, 0.5) is 0 Å². The maximum absolute atomic E-state index is 5.88. The average molecular weight is 361 g/mol. The van der Waals surface area contributed by atoms with Gasteiger partial charge in [0.25, 0.3) is 5.19 Å². The molecule has 0 aliphatic heterocycles. The summed E-state index contributed by atoms with van der Waals surface area (Å²) in [6.07, 6.45) is 2.53. The van der Waals surface area contributed by atoms with Crippen molar-refractivity contribution in [3.8, 4) is 10.9 Å². The Morgan fingerprint density at radius 2 is 2.26 bits per heavy atom. The van der Waals surface area contributed by atoms with Gasteiger partial charge in [0.1, 0.15) is 10.8 Å². The van der Waals surface area contributed by atoms with Crippen molar-refractivity contribution in [3.63, 3.8) is 0 Å². The fourth-order valence-corrected chi connectivity index (χ4v) is 2.94. The fourth-order valence-electron chi connectivity index (χ4n) is 1.52. The number of hydrogen-bond acceptors (Lipinski definition) is 5. The molecule has 0 bridgehead atoms. The van der Waals surface area contributed by atoms with Gasteiger partial charge in [-0.05, 0) is 47.0 Å². The number of benzene rings is 1. The van der Waals surface area contributed by atoms with Crippen LogP contribution in [0, 0.1) is 0 Å². The lowest BCUT2D eigenvalue weighted by atomic mass is 10.3. The van der Waals surface area contributed by atoms with E-state index < -0.39 is 0 Å². The molecule has 2 aromatic rings. The molecule has 7 heteroatoms. The van der Waals surface area contributed by atoms with Gasteiger partial charge in [-0.15, -0.1) is 5.10 Å². The Hall–Kier alpha value is -0.690. The molecule has 0 saturated heterocycles. The van der Waals surface area contributed by atoms with Gasteiger partial charge in [-0.3, -0.25) is 0 Å². The molecule has 0 spiro atoms. The molecule has 1 aliphatic rings. The number of nitrogens with zero attached hydrogens (tertiary/aromatic N) is 2. The molecule has 0 amide bonds. The van der Waals surface area contributed by atoms with Crippen LogP contribution in [0.5, 0.6) is 10.9 Å². The van der Waals surface area contributed by atoms with Gasteiger partial charge in [-0.1, -0.05) is 28.0 Å². The van der Waals surface area contributed by atoms with Crippen molar-refractivity contribution in [1.29, 1.82) is 0 Å². The third-order valence-electron chi connectivity index (χ3n) is 2.66. The summed E-state index contributed by atoms with van der Waals surface area (Å²) < 4.78 is 6.48. The molecule has 1 fully saturated rings. The minimum atomic E-state index is 0.538. The maximum atomic E-state index is 5.88. The van der Waals surface area contributed by atoms with E-state index in [-0.39, 0.29) is 0 Å². The van der Waals surface area contributed by atoms with Crippen LogP contribution < -0.4 is 10.1 Å². The van der Waals surface area contributed by atoms with Gasteiger partial charge in [0.05, 0.1) is 11.0 Å². The third kappa shape index (κ3) is 3.66. The van der Waals surface area contributed by atoms with Gasteiger partial charge >= 0.3 is 0 Å². The third-order valence-corrected chi connectivity index (χ3v) is 4.31. The highest BCUT2D eigenvalue weighted by atomic mass is 79.9. The zero-order valence-corrected chi connectivity index (χ0v) is 13.1. The number of hydrogen-bond donors (Lipinski definition) is 1. The fraction of sp³-hybridized carbons (Fsp3) is 0.333. The molecule has 1 heterocycles. The van der Waals surface area contributed by atoms with Crippen LogP contribution in [0.15, 0.2) is 22.7 Å². The molecular weight excluding hydrogens is 350 g/mol. The Labute approximate surface area is 128 Å². The molecule has 0 unspecified atom stereocenters. The summed E-state index contributed by atoms with van der Waals surface area (Å²) in [6.45, 7) is 0.757. The van der Waals surface area contributed by atoms with Crippen LogP contribution in [0.25, 0.3) is 0 Å². The summed E-state index contributed by atoms with van der Waals surface area (Å²) >= 11 is 10.7. The Balaban J connectivity index is 1.65. The Bertz CT molecular complexity index is 588. The number of halogens is 2. The van der Waals surface area contributed by atoms with E-state index in [0.717, 1.165) is 16.0 Å². The number of aromatic nitrogens is 2. The molecule has 4 nitrogen and oxygen atoms in total. The van der Waals surface area contributed by atoms with Gasteiger partial charge < -0.3 is 10.1 Å². The molecular formula is C12H11BrClN3OS. The predicted octanol–water partition coefficient (Wildman–Crippen LogP) is 4.00. The Morgan fingerprint density at radius 1 is 1.42 bits per heavy atom. The maximum Gasteiger partial charge on any atom is 0.299 e. The molecule has 0 atom stereocenters. The standard InChI is InChI=1S/C12H11BrClN3OS/c13-9-5-7(14)1-4-10(9)18-12-17-16-11(19-12)6-15-8-2-3-8/h1,4-5,8,15H,2-3,6H2. The van der Waals surface area contributed by atoms with Crippen LogP contribution in [0.1, 0.15) is 17.8 Å². The SMILES string of the molecule is Clc1ccc(Oc2nnc(CNC3CC3)s2)c(Br)c1. The molecule has 1 aromatic carbocycles. The molecule has 1 saturated carbocycles. The van der Waals surface area contributed by atoms with Crippen molar-refractivity contribution in [3.05, 3.63) is 32.7 Å². The second-order valence-corrected chi connectivity index (χ2v) is 6.61. The molecule has 1 aliphatic carbocycles. The topological polar surface area (TPSA) is 47.0 Å². The zero-order chi connectivity index (χ0) is 13.2. The second kappa shape index (κ2) is 5.75. The smallest absolute Gasteiger partial charge is 0.299 e. The van der Waals surface area contributed by atoms with E-state index in [0.29, 0.717) is 22.0 Å². The Morgan fingerprint density at radius 3 is 3.00 bits per heavy atom. The lowest BCUT2D eigenvalue weighted by molar-refractivity contribution is 0.470. The van der Waals surface area contributed by atoms with Crippen molar-refractivity contribution in [1.82, 2.24) is 15.5 Å². The summed E-state index contributed by atoms with van der Waals surface area (Å²) in [6, 6.07) is 6.03. The minimum absolute atomic E-state index is 0.538. The zero-order valence-electron chi connectivity index (χ0n) is 9.90. The van der Waals surface area contributed by atoms with Crippen LogP contribution in [0.3, 0.4) is 0 Å². The lowest BCUT2D eigenvalue weighted by Crippen LogP contribution is -2.14. The molecule has 3 rings (SSSR count). The van der Waals surface area contributed by atoms with Crippen LogP contribution in [-0.2, 0) is 6.54 Å². The summed E-state index contributed by atoms with van der Waals surface area (Å²) in [4.78, 5) is 0. The highest BCUT2D eigenvalue weighted by molar-refractivity contribution is 9.10. The van der Waals surface area contributed by atoms with Crippen molar-refractivity contribution in [2.45, 2.75) is 25.4 Å². The van der Waals surface area contributed by atoms with E-state index in [1.165, 1.54) is 24.2 Å². The van der Waals surface area contributed by atoms with Crippen LogP contribution in [0.2, 0.25) is 5.02 Å². The van der Waals surface area contributed by atoms with Crippen molar-refractivity contribution in [2.75, 3.05) is 0 Å². The molecule has 100 valence electrons. The van der Waals surface area contributed by atoms with Gasteiger partial charge in [0.2, 0.25) is 0 Å². The quantitative estimate of drug-likeness (QED) is 0.875. The van der Waals surface area contributed by atoms with Crippen molar-refractivity contribution >= 4 is 38.9 Å². The summed E-state index contributed by atoms with van der Waals surface area (Å²) in [5.74, 6) is 0.683. The summed E-state index contributed by atoms with van der Waals surface area (Å²) in [5.41, 5.74) is 0. The number of ether oxygens (including phenoxy) is 1. The van der Waals surface area contributed by atoms with E-state index in [2.05, 4.69) is 31.4 Å². The van der Waals surface area contributed by atoms with Crippen LogP contribution >= 0.6 is 38.9 Å². The van der Waals surface area contributed by atoms with E-state index in [1.54, 1.807) is 18.2 Å². The normalized spacial score (nSPS) is 14.6. The van der Waals surface area contributed by atoms with Crippen LogP contribution in [-0.4, -0.2) is 16.2 Å². The number of nitrogens with one attached hydrogen (secondary N) is 1. The van der Waals surface area contributed by atoms with E-state index in [1.807, 2.05) is 0 Å². The molecule has 1 N–H and O–H groups in total. The molecule has 0 radical (unpaired) electrons. The van der Waals surface area contributed by atoms with Crippen molar-refractivity contribution < 1.29 is 4.74 Å². The first-order chi connectivity index (χ1) is 9.20. The second-order valence-electron chi connectivity index (χ2n) is 4.29. The van der Waals surface area contributed by atoms with Gasteiger partial charge in [-0.25, -0.2) is 0 Å².